The summed E-state index contributed by atoms with van der Waals surface area (Å²) in [5.41, 5.74) is 5.24. The van der Waals surface area contributed by atoms with Crippen LogP contribution in [0.5, 0.6) is 0 Å². The van der Waals surface area contributed by atoms with Gasteiger partial charge in [-0.2, -0.15) is 14.7 Å². The lowest BCUT2D eigenvalue weighted by Gasteiger charge is -2.29. The molecule has 1 aliphatic heterocycles. The van der Waals surface area contributed by atoms with E-state index in [1.54, 1.807) is 0 Å². The molecular formula is C22H25N7O. The second-order valence-electron chi connectivity index (χ2n) is 7.62. The zero-order valence-corrected chi connectivity index (χ0v) is 17.2. The van der Waals surface area contributed by atoms with E-state index in [0.29, 0.717) is 13.2 Å². The fraction of sp³-hybridized carbons (Fsp3) is 0.318. The van der Waals surface area contributed by atoms with Gasteiger partial charge in [-0.25, -0.2) is 4.98 Å². The molecule has 0 saturated carbocycles. The highest BCUT2D eigenvalue weighted by molar-refractivity contribution is 5.66. The molecule has 30 heavy (non-hydrogen) atoms. The largest absolute Gasteiger partial charge is 0.378 e. The molecule has 5 rings (SSSR count). The van der Waals surface area contributed by atoms with Crippen LogP contribution in [0.25, 0.3) is 5.65 Å². The third-order valence-electron chi connectivity index (χ3n) is 5.39. The number of benzene rings is 1. The predicted octanol–water partition coefficient (Wildman–Crippen LogP) is 3.24. The molecular weight excluding hydrogens is 378 g/mol. The number of morpholine rings is 1. The number of anilines is 3. The summed E-state index contributed by atoms with van der Waals surface area (Å²) in [7, 11) is 0. The molecule has 1 saturated heterocycles. The number of aromatic amines is 1. The Labute approximate surface area is 174 Å². The van der Waals surface area contributed by atoms with E-state index in [4.69, 9.17) is 14.8 Å². The summed E-state index contributed by atoms with van der Waals surface area (Å²) in [6.45, 7) is 7.11. The van der Waals surface area contributed by atoms with Gasteiger partial charge in [0.05, 0.1) is 18.9 Å². The van der Waals surface area contributed by atoms with Crippen molar-refractivity contribution in [2.24, 2.45) is 0 Å². The highest BCUT2D eigenvalue weighted by Crippen LogP contribution is 2.27. The van der Waals surface area contributed by atoms with Crippen molar-refractivity contribution in [1.82, 2.24) is 24.8 Å². The lowest BCUT2D eigenvalue weighted by atomic mass is 10.1. The van der Waals surface area contributed by atoms with Gasteiger partial charge in [-0.1, -0.05) is 30.3 Å². The fourth-order valence-electron chi connectivity index (χ4n) is 3.85. The number of fused-ring (bicyclic) bond motifs is 1. The minimum atomic E-state index is 0.711. The maximum absolute atomic E-state index is 5.55. The fourth-order valence-corrected chi connectivity index (χ4v) is 3.85. The number of nitrogens with one attached hydrogen (secondary N) is 2. The zero-order chi connectivity index (χ0) is 20.5. The molecule has 0 bridgehead atoms. The zero-order valence-electron chi connectivity index (χ0n) is 17.2. The molecule has 0 aliphatic carbocycles. The molecule has 4 heterocycles. The number of rotatable bonds is 5. The van der Waals surface area contributed by atoms with Crippen molar-refractivity contribution in [2.75, 3.05) is 36.5 Å². The van der Waals surface area contributed by atoms with E-state index in [9.17, 15) is 0 Å². The summed E-state index contributed by atoms with van der Waals surface area (Å²) in [4.78, 5) is 7.23. The molecule has 0 atom stereocenters. The van der Waals surface area contributed by atoms with Crippen LogP contribution in [-0.2, 0) is 11.2 Å². The third-order valence-corrected chi connectivity index (χ3v) is 5.39. The van der Waals surface area contributed by atoms with Crippen molar-refractivity contribution in [2.45, 2.75) is 20.3 Å². The van der Waals surface area contributed by atoms with Crippen molar-refractivity contribution in [1.29, 1.82) is 0 Å². The number of hydrogen-bond acceptors (Lipinski definition) is 6. The molecule has 0 spiro atoms. The van der Waals surface area contributed by atoms with E-state index in [1.165, 1.54) is 5.56 Å². The smallest absolute Gasteiger partial charge is 0.163 e. The Balaban J connectivity index is 1.61. The lowest BCUT2D eigenvalue weighted by Crippen LogP contribution is -2.37. The average Bonchev–Trinajstić information content (AvgIpc) is 3.32. The van der Waals surface area contributed by atoms with Crippen LogP contribution >= 0.6 is 0 Å². The van der Waals surface area contributed by atoms with E-state index < -0.39 is 0 Å². The minimum absolute atomic E-state index is 0.711. The Hall–Kier alpha value is -3.39. The Kier molecular flexibility index (Phi) is 4.84. The monoisotopic (exact) mass is 403 g/mol. The standard InChI is InChI=1S/C22H25N7O/c1-15-12-20(26-25-15)23-19-14-21(28-8-10-30-11-9-28)29-22(24-19)18(16(2)27-29)13-17-6-4-3-5-7-17/h3-7,12,14H,8-11,13H2,1-2H3,(H2,23,24,25,26). The van der Waals surface area contributed by atoms with E-state index in [-0.39, 0.29) is 0 Å². The van der Waals surface area contributed by atoms with E-state index >= 15 is 0 Å². The number of nitrogens with zero attached hydrogens (tertiary/aromatic N) is 5. The first-order chi connectivity index (χ1) is 14.7. The van der Waals surface area contributed by atoms with Gasteiger partial charge in [-0.3, -0.25) is 5.10 Å². The molecule has 1 fully saturated rings. The van der Waals surface area contributed by atoms with Gasteiger partial charge >= 0.3 is 0 Å². The quantitative estimate of drug-likeness (QED) is 0.532. The van der Waals surface area contributed by atoms with E-state index in [2.05, 4.69) is 51.6 Å². The van der Waals surface area contributed by atoms with E-state index in [0.717, 1.165) is 59.6 Å². The number of aryl methyl sites for hydroxylation is 2. The number of H-pyrrole nitrogens is 1. The summed E-state index contributed by atoms with van der Waals surface area (Å²) in [5.74, 6) is 2.52. The summed E-state index contributed by atoms with van der Waals surface area (Å²) in [6, 6.07) is 14.5. The van der Waals surface area contributed by atoms with Gasteiger partial charge in [-0.05, 0) is 19.4 Å². The predicted molar refractivity (Wildman–Crippen MR) is 117 cm³/mol. The highest BCUT2D eigenvalue weighted by Gasteiger charge is 2.21. The Morgan fingerprint density at radius 2 is 1.87 bits per heavy atom. The van der Waals surface area contributed by atoms with Crippen molar-refractivity contribution in [3.63, 3.8) is 0 Å². The van der Waals surface area contributed by atoms with Gasteiger partial charge in [0.25, 0.3) is 0 Å². The summed E-state index contributed by atoms with van der Waals surface area (Å²) < 4.78 is 7.53. The van der Waals surface area contributed by atoms with Crippen LogP contribution in [0.3, 0.4) is 0 Å². The second kappa shape index (κ2) is 7.79. The average molecular weight is 403 g/mol. The first-order valence-corrected chi connectivity index (χ1v) is 10.2. The molecule has 2 N–H and O–H groups in total. The molecule has 1 aromatic carbocycles. The second-order valence-corrected chi connectivity index (χ2v) is 7.62. The molecule has 3 aromatic heterocycles. The summed E-state index contributed by atoms with van der Waals surface area (Å²) >= 11 is 0. The van der Waals surface area contributed by atoms with E-state index in [1.807, 2.05) is 29.6 Å². The van der Waals surface area contributed by atoms with Crippen molar-refractivity contribution in [3.05, 3.63) is 65.0 Å². The van der Waals surface area contributed by atoms with Gasteiger partial charge < -0.3 is 15.0 Å². The topological polar surface area (TPSA) is 83.4 Å². The summed E-state index contributed by atoms with van der Waals surface area (Å²) in [6.07, 6.45) is 0.788. The van der Waals surface area contributed by atoms with Gasteiger partial charge in [0, 0.05) is 42.9 Å². The first kappa shape index (κ1) is 18.6. The molecule has 0 unspecified atom stereocenters. The van der Waals surface area contributed by atoms with Crippen molar-refractivity contribution in [3.8, 4) is 0 Å². The summed E-state index contributed by atoms with van der Waals surface area (Å²) in [5, 5.41) is 15.5. The third kappa shape index (κ3) is 3.61. The van der Waals surface area contributed by atoms with Crippen molar-refractivity contribution < 1.29 is 4.74 Å². The van der Waals surface area contributed by atoms with Crippen LogP contribution in [0, 0.1) is 13.8 Å². The lowest BCUT2D eigenvalue weighted by molar-refractivity contribution is 0.122. The van der Waals surface area contributed by atoms with Gasteiger partial charge in [0.2, 0.25) is 0 Å². The van der Waals surface area contributed by atoms with Crippen LogP contribution in [0.4, 0.5) is 17.5 Å². The van der Waals surface area contributed by atoms with Crippen molar-refractivity contribution >= 4 is 23.1 Å². The van der Waals surface area contributed by atoms with Crippen LogP contribution in [0.15, 0.2) is 42.5 Å². The highest BCUT2D eigenvalue weighted by atomic mass is 16.5. The van der Waals surface area contributed by atoms with Crippen LogP contribution < -0.4 is 10.2 Å². The van der Waals surface area contributed by atoms with Crippen LogP contribution in [0.2, 0.25) is 0 Å². The van der Waals surface area contributed by atoms with Gasteiger partial charge in [0.15, 0.2) is 11.5 Å². The normalized spacial score (nSPS) is 14.4. The SMILES string of the molecule is Cc1cc(Nc2cc(N3CCOCC3)n3nc(C)c(Cc4ccccc4)c3n2)n[nH]1. The molecule has 4 aromatic rings. The maximum Gasteiger partial charge on any atom is 0.163 e. The first-order valence-electron chi connectivity index (χ1n) is 10.2. The number of aromatic nitrogens is 5. The Morgan fingerprint density at radius 1 is 1.07 bits per heavy atom. The van der Waals surface area contributed by atoms with Gasteiger partial charge in [-0.15, -0.1) is 0 Å². The minimum Gasteiger partial charge on any atom is -0.378 e. The Bertz CT molecular complexity index is 1160. The molecule has 154 valence electrons. The van der Waals surface area contributed by atoms with Crippen LogP contribution in [-0.4, -0.2) is 51.1 Å². The molecule has 8 heteroatoms. The molecule has 8 nitrogen and oxygen atoms in total. The molecule has 0 amide bonds. The molecule has 0 radical (unpaired) electrons. The number of hydrogen-bond donors (Lipinski definition) is 2. The van der Waals surface area contributed by atoms with Gasteiger partial charge in [0.1, 0.15) is 11.6 Å². The molecule has 1 aliphatic rings. The Morgan fingerprint density at radius 3 is 2.60 bits per heavy atom. The number of ether oxygens (including phenoxy) is 1. The maximum atomic E-state index is 5.55. The van der Waals surface area contributed by atoms with Crippen LogP contribution in [0.1, 0.15) is 22.5 Å².